The van der Waals surface area contributed by atoms with Crippen molar-refractivity contribution in [3.63, 3.8) is 0 Å². The quantitative estimate of drug-likeness (QED) is 0.429. The maximum atomic E-state index is 13.0. The Morgan fingerprint density at radius 1 is 1.11 bits per heavy atom. The number of likely N-dealkylation sites (N-methyl/N-ethyl adjacent to an activating group) is 1. The zero-order valence-electron chi connectivity index (χ0n) is 20.2. The van der Waals surface area contributed by atoms with Gasteiger partial charge in [0.25, 0.3) is 5.91 Å². The lowest BCUT2D eigenvalue weighted by atomic mass is 10.1. The molecule has 188 valence electrons. The Hall–Kier alpha value is -3.87. The Balaban J connectivity index is 1.35. The van der Waals surface area contributed by atoms with Crippen molar-refractivity contribution in [2.45, 2.75) is 31.5 Å². The van der Waals surface area contributed by atoms with E-state index in [1.807, 2.05) is 36.4 Å². The van der Waals surface area contributed by atoms with Gasteiger partial charge in [0.1, 0.15) is 18.4 Å². The van der Waals surface area contributed by atoms with Crippen LogP contribution in [0.5, 0.6) is 5.75 Å². The Morgan fingerprint density at radius 3 is 2.61 bits per heavy atom. The number of carbonyl (C=O) groups excluding carboxylic acids is 3. The number of nitrogens with one attached hydrogen (secondary N) is 2. The van der Waals surface area contributed by atoms with Gasteiger partial charge in [0, 0.05) is 32.2 Å². The van der Waals surface area contributed by atoms with E-state index in [0.29, 0.717) is 18.0 Å². The molecule has 2 aliphatic rings. The molecule has 1 atom stereocenters. The van der Waals surface area contributed by atoms with Crippen LogP contribution in [0.2, 0.25) is 0 Å². The summed E-state index contributed by atoms with van der Waals surface area (Å²) in [6.45, 7) is 2.36. The van der Waals surface area contributed by atoms with E-state index in [2.05, 4.69) is 27.4 Å². The van der Waals surface area contributed by atoms with Crippen molar-refractivity contribution in [1.29, 1.82) is 0 Å². The molecular formula is C27H30N4O5. The largest absolute Gasteiger partial charge is 0.489 e. The van der Waals surface area contributed by atoms with Crippen molar-refractivity contribution >= 4 is 23.4 Å². The summed E-state index contributed by atoms with van der Waals surface area (Å²) in [5.41, 5.74) is 2.13. The van der Waals surface area contributed by atoms with Gasteiger partial charge in [-0.2, -0.15) is 0 Å². The van der Waals surface area contributed by atoms with Gasteiger partial charge in [-0.1, -0.05) is 42.2 Å². The van der Waals surface area contributed by atoms with Crippen molar-refractivity contribution < 1.29 is 24.2 Å². The van der Waals surface area contributed by atoms with Crippen LogP contribution in [0.4, 0.5) is 5.69 Å². The van der Waals surface area contributed by atoms with E-state index in [9.17, 15) is 19.5 Å². The molecule has 0 aliphatic carbocycles. The van der Waals surface area contributed by atoms with Gasteiger partial charge in [-0.15, -0.1) is 0 Å². The first-order valence-electron chi connectivity index (χ1n) is 12.0. The maximum absolute atomic E-state index is 13.0. The Kier molecular flexibility index (Phi) is 8.21. The number of hydrogen-bond acceptors (Lipinski definition) is 6. The van der Waals surface area contributed by atoms with Crippen LogP contribution >= 0.6 is 0 Å². The predicted octanol–water partition coefficient (Wildman–Crippen LogP) is 0.651. The molecule has 36 heavy (non-hydrogen) atoms. The van der Waals surface area contributed by atoms with Crippen LogP contribution in [0.25, 0.3) is 0 Å². The Morgan fingerprint density at radius 2 is 1.86 bits per heavy atom. The van der Waals surface area contributed by atoms with Crippen LogP contribution < -0.4 is 20.3 Å². The van der Waals surface area contributed by atoms with Crippen LogP contribution in [-0.4, -0.2) is 73.2 Å². The predicted molar refractivity (Wildman–Crippen MR) is 134 cm³/mol. The van der Waals surface area contributed by atoms with Crippen molar-refractivity contribution in [3.8, 4) is 17.6 Å². The second-order valence-corrected chi connectivity index (χ2v) is 8.89. The third kappa shape index (κ3) is 6.42. The molecule has 0 spiro atoms. The summed E-state index contributed by atoms with van der Waals surface area (Å²) in [7, 11) is 1.60. The first kappa shape index (κ1) is 25.2. The highest BCUT2D eigenvalue weighted by Crippen LogP contribution is 2.31. The zero-order valence-corrected chi connectivity index (χ0v) is 20.2. The second-order valence-electron chi connectivity index (χ2n) is 8.89. The van der Waals surface area contributed by atoms with Crippen LogP contribution in [0.1, 0.15) is 24.0 Å². The van der Waals surface area contributed by atoms with Crippen LogP contribution in [0.15, 0.2) is 48.5 Å². The molecule has 2 aromatic rings. The summed E-state index contributed by atoms with van der Waals surface area (Å²) < 4.78 is 5.79. The molecule has 3 N–H and O–H groups in total. The number of nitrogens with zero attached hydrogens (tertiary/aromatic N) is 2. The van der Waals surface area contributed by atoms with E-state index in [4.69, 9.17) is 4.74 Å². The van der Waals surface area contributed by atoms with E-state index in [1.54, 1.807) is 19.2 Å². The van der Waals surface area contributed by atoms with E-state index in [-0.39, 0.29) is 19.3 Å². The van der Waals surface area contributed by atoms with E-state index in [0.717, 1.165) is 37.1 Å². The summed E-state index contributed by atoms with van der Waals surface area (Å²) in [4.78, 5) is 41.3. The molecule has 1 fully saturated rings. The van der Waals surface area contributed by atoms with Crippen LogP contribution in [0.3, 0.4) is 0 Å². The number of likely N-dealkylation sites (tertiary alicyclic amines) is 1. The van der Waals surface area contributed by atoms with Gasteiger partial charge >= 0.3 is 11.8 Å². The number of piperidine rings is 1. The molecule has 0 aromatic heterocycles. The number of ether oxygens (including phenoxy) is 1. The lowest BCUT2D eigenvalue weighted by molar-refractivity contribution is -0.140. The summed E-state index contributed by atoms with van der Waals surface area (Å²) >= 11 is 0. The van der Waals surface area contributed by atoms with Gasteiger partial charge < -0.3 is 25.4 Å². The molecule has 3 amide bonds. The molecule has 9 heteroatoms. The summed E-state index contributed by atoms with van der Waals surface area (Å²) in [6, 6.07) is 13.6. The smallest absolute Gasteiger partial charge is 0.310 e. The molecule has 0 saturated carbocycles. The van der Waals surface area contributed by atoms with E-state index in [1.165, 1.54) is 4.90 Å². The molecule has 0 unspecified atom stereocenters. The van der Waals surface area contributed by atoms with Gasteiger partial charge in [-0.05, 0) is 36.6 Å². The topological polar surface area (TPSA) is 111 Å². The first-order valence-corrected chi connectivity index (χ1v) is 12.0. The number of rotatable bonds is 4. The molecular weight excluding hydrogens is 460 g/mol. The lowest BCUT2D eigenvalue weighted by Crippen LogP contribution is -2.52. The highest BCUT2D eigenvalue weighted by atomic mass is 16.5. The van der Waals surface area contributed by atoms with Crippen molar-refractivity contribution in [2.24, 2.45) is 0 Å². The number of amides is 3. The molecule has 0 bridgehead atoms. The minimum atomic E-state index is -1.01. The number of anilines is 1. The number of fused-ring (bicyclic) bond motifs is 1. The monoisotopic (exact) mass is 490 g/mol. The molecule has 2 aromatic carbocycles. The average Bonchev–Trinajstić information content (AvgIpc) is 3.01. The molecule has 4 rings (SSSR count). The van der Waals surface area contributed by atoms with Crippen molar-refractivity contribution in [3.05, 3.63) is 59.7 Å². The third-order valence-corrected chi connectivity index (χ3v) is 6.25. The van der Waals surface area contributed by atoms with Gasteiger partial charge in [-0.3, -0.25) is 19.3 Å². The highest BCUT2D eigenvalue weighted by molar-refractivity contribution is 6.35. The minimum absolute atomic E-state index is 0.0975. The van der Waals surface area contributed by atoms with E-state index < -0.39 is 23.8 Å². The summed E-state index contributed by atoms with van der Waals surface area (Å²) in [5.74, 6) is 4.66. The second kappa shape index (κ2) is 11.7. The fourth-order valence-corrected chi connectivity index (χ4v) is 4.09. The average molecular weight is 491 g/mol. The normalized spacial score (nSPS) is 18.2. The molecule has 0 radical (unpaired) electrons. The number of aliphatic hydroxyl groups is 1. The molecule has 1 saturated heterocycles. The Labute approximate surface area is 210 Å². The molecule has 9 nitrogen and oxygen atoms in total. The van der Waals surface area contributed by atoms with E-state index >= 15 is 0 Å². The zero-order chi connectivity index (χ0) is 25.5. The third-order valence-electron chi connectivity index (χ3n) is 6.25. The van der Waals surface area contributed by atoms with Crippen LogP contribution in [0, 0.1) is 11.8 Å². The minimum Gasteiger partial charge on any atom is -0.489 e. The number of hydrogen-bond donors (Lipinski definition) is 3. The SMILES string of the molecule is CN1C(=O)[C@@H](NC(=O)C(=O)NCc2ccccc2)COc2ccc(C#CCN3CCC(O)CC3)cc21. The fourth-order valence-electron chi connectivity index (χ4n) is 4.09. The summed E-state index contributed by atoms with van der Waals surface area (Å²) in [5, 5.41) is 14.7. The first-order chi connectivity index (χ1) is 17.4. The maximum Gasteiger partial charge on any atom is 0.310 e. The van der Waals surface area contributed by atoms with Crippen LogP contribution in [-0.2, 0) is 20.9 Å². The fraction of sp³-hybridized carbons (Fsp3) is 0.370. The van der Waals surface area contributed by atoms with Gasteiger partial charge in [0.2, 0.25) is 0 Å². The number of benzene rings is 2. The number of aliphatic hydroxyl groups excluding tert-OH is 1. The molecule has 2 heterocycles. The number of carbonyl (C=O) groups is 3. The van der Waals surface area contributed by atoms with Gasteiger partial charge in [0.05, 0.1) is 18.3 Å². The summed E-state index contributed by atoms with van der Waals surface area (Å²) in [6.07, 6.45) is 1.30. The standard InChI is InChI=1S/C27H30N4O5/c1-30-23-16-19(8-5-13-31-14-11-21(32)12-15-31)9-10-24(23)36-18-22(27(30)35)29-26(34)25(33)28-17-20-6-3-2-4-7-20/h2-4,6-7,9-10,16,21-22,32H,11-15,17-18H2,1H3,(H,28,33)(H,29,34)/t22-/m0/s1. The molecule has 2 aliphatic heterocycles. The van der Waals surface area contributed by atoms with Crippen molar-refractivity contribution in [1.82, 2.24) is 15.5 Å². The van der Waals surface area contributed by atoms with Gasteiger partial charge in [0.15, 0.2) is 0 Å². The van der Waals surface area contributed by atoms with Gasteiger partial charge in [-0.25, -0.2) is 0 Å². The Bertz CT molecular complexity index is 1170. The highest BCUT2D eigenvalue weighted by Gasteiger charge is 2.32. The lowest BCUT2D eigenvalue weighted by Gasteiger charge is -2.27. The van der Waals surface area contributed by atoms with Crippen molar-refractivity contribution in [2.75, 3.05) is 38.2 Å².